The number of hydrogen-bond donors (Lipinski definition) is 2. The molecule has 0 radical (unpaired) electrons. The second kappa shape index (κ2) is 7.26. The number of carbonyl (C=O) groups excluding carboxylic acids is 1. The Hall–Kier alpha value is -1.59. The van der Waals surface area contributed by atoms with Gasteiger partial charge >= 0.3 is 6.09 Å². The van der Waals surface area contributed by atoms with E-state index in [2.05, 4.69) is 5.32 Å². The first-order valence-corrected chi connectivity index (χ1v) is 6.63. The number of nitrogens with one attached hydrogen (secondary N) is 1. The zero-order chi connectivity index (χ0) is 15.2. The SMILES string of the molecule is COCC(N)Cc1cccc(NC(=O)OC(C)(C)C)c1. The number of rotatable bonds is 5. The summed E-state index contributed by atoms with van der Waals surface area (Å²) in [5.74, 6) is 0. The fourth-order valence-electron chi connectivity index (χ4n) is 1.77. The number of methoxy groups -OCH3 is 1. The molecule has 0 aliphatic rings. The van der Waals surface area contributed by atoms with Crippen LogP contribution >= 0.6 is 0 Å². The Balaban J connectivity index is 2.62. The lowest BCUT2D eigenvalue weighted by molar-refractivity contribution is 0.0636. The maximum absolute atomic E-state index is 11.7. The zero-order valence-electron chi connectivity index (χ0n) is 12.6. The van der Waals surface area contributed by atoms with Gasteiger partial charge in [0.2, 0.25) is 0 Å². The Labute approximate surface area is 120 Å². The highest BCUT2D eigenvalue weighted by molar-refractivity contribution is 5.84. The molecule has 0 aliphatic heterocycles. The lowest BCUT2D eigenvalue weighted by Crippen LogP contribution is -2.28. The molecule has 5 nitrogen and oxygen atoms in total. The molecule has 1 unspecified atom stereocenters. The highest BCUT2D eigenvalue weighted by Gasteiger charge is 2.16. The first kappa shape index (κ1) is 16.5. The molecule has 1 atom stereocenters. The number of ether oxygens (including phenoxy) is 2. The van der Waals surface area contributed by atoms with Gasteiger partial charge in [-0.05, 0) is 44.9 Å². The van der Waals surface area contributed by atoms with Crippen LogP contribution in [0.2, 0.25) is 0 Å². The van der Waals surface area contributed by atoms with E-state index < -0.39 is 11.7 Å². The highest BCUT2D eigenvalue weighted by Crippen LogP contribution is 2.14. The maximum atomic E-state index is 11.7. The van der Waals surface area contributed by atoms with Gasteiger partial charge in [-0.3, -0.25) is 5.32 Å². The van der Waals surface area contributed by atoms with Crippen LogP contribution in [-0.2, 0) is 15.9 Å². The van der Waals surface area contributed by atoms with E-state index in [0.29, 0.717) is 18.7 Å². The zero-order valence-corrected chi connectivity index (χ0v) is 12.6. The van der Waals surface area contributed by atoms with Gasteiger partial charge in [-0.25, -0.2) is 4.79 Å². The van der Waals surface area contributed by atoms with Crippen molar-refractivity contribution in [2.75, 3.05) is 19.0 Å². The van der Waals surface area contributed by atoms with E-state index in [-0.39, 0.29) is 6.04 Å². The molecule has 0 fully saturated rings. The fourth-order valence-corrected chi connectivity index (χ4v) is 1.77. The van der Waals surface area contributed by atoms with E-state index in [9.17, 15) is 4.79 Å². The molecule has 0 bridgehead atoms. The molecular weight excluding hydrogens is 256 g/mol. The van der Waals surface area contributed by atoms with Crippen LogP contribution < -0.4 is 11.1 Å². The highest BCUT2D eigenvalue weighted by atomic mass is 16.6. The van der Waals surface area contributed by atoms with Crippen molar-refractivity contribution in [3.8, 4) is 0 Å². The molecule has 0 saturated carbocycles. The number of hydrogen-bond acceptors (Lipinski definition) is 4. The summed E-state index contributed by atoms with van der Waals surface area (Å²) < 4.78 is 10.2. The molecular formula is C15H24N2O3. The lowest BCUT2D eigenvalue weighted by Gasteiger charge is -2.20. The molecule has 3 N–H and O–H groups in total. The van der Waals surface area contributed by atoms with E-state index >= 15 is 0 Å². The molecule has 1 rings (SSSR count). The molecule has 0 heterocycles. The summed E-state index contributed by atoms with van der Waals surface area (Å²) in [4.78, 5) is 11.7. The predicted molar refractivity (Wildman–Crippen MR) is 79.9 cm³/mol. The molecule has 20 heavy (non-hydrogen) atoms. The number of nitrogens with two attached hydrogens (primary N) is 1. The van der Waals surface area contributed by atoms with Crippen LogP contribution in [0, 0.1) is 0 Å². The fraction of sp³-hybridized carbons (Fsp3) is 0.533. The topological polar surface area (TPSA) is 73.6 Å². The van der Waals surface area contributed by atoms with E-state index in [1.807, 2.05) is 45.0 Å². The monoisotopic (exact) mass is 280 g/mol. The Bertz CT molecular complexity index is 441. The second-order valence-corrected chi connectivity index (χ2v) is 5.75. The van der Waals surface area contributed by atoms with Crippen molar-refractivity contribution in [1.82, 2.24) is 0 Å². The minimum atomic E-state index is -0.511. The van der Waals surface area contributed by atoms with Gasteiger partial charge in [0.25, 0.3) is 0 Å². The van der Waals surface area contributed by atoms with Crippen LogP contribution in [0.15, 0.2) is 24.3 Å². The Kier molecular flexibility index (Phi) is 5.98. The van der Waals surface area contributed by atoms with Gasteiger partial charge in [-0.1, -0.05) is 12.1 Å². The van der Waals surface area contributed by atoms with Gasteiger partial charge < -0.3 is 15.2 Å². The quantitative estimate of drug-likeness (QED) is 0.869. The summed E-state index contributed by atoms with van der Waals surface area (Å²) in [5, 5.41) is 2.71. The minimum absolute atomic E-state index is 0.0585. The second-order valence-electron chi connectivity index (χ2n) is 5.75. The molecule has 5 heteroatoms. The lowest BCUT2D eigenvalue weighted by atomic mass is 10.1. The van der Waals surface area contributed by atoms with Crippen molar-refractivity contribution in [2.24, 2.45) is 5.73 Å². The molecule has 0 saturated heterocycles. The van der Waals surface area contributed by atoms with Crippen molar-refractivity contribution in [2.45, 2.75) is 38.8 Å². The van der Waals surface area contributed by atoms with Crippen molar-refractivity contribution in [3.05, 3.63) is 29.8 Å². The Morgan fingerprint density at radius 3 is 2.70 bits per heavy atom. The van der Waals surface area contributed by atoms with Gasteiger partial charge in [-0.15, -0.1) is 0 Å². The third-order valence-electron chi connectivity index (χ3n) is 2.45. The summed E-state index contributed by atoms with van der Waals surface area (Å²) in [6.07, 6.45) is 0.230. The van der Waals surface area contributed by atoms with Gasteiger partial charge in [0.1, 0.15) is 5.60 Å². The van der Waals surface area contributed by atoms with Gasteiger partial charge in [0, 0.05) is 18.8 Å². The summed E-state index contributed by atoms with van der Waals surface area (Å²) in [6.45, 7) is 5.98. The first-order valence-electron chi connectivity index (χ1n) is 6.63. The van der Waals surface area contributed by atoms with E-state index in [1.54, 1.807) is 7.11 Å². The number of benzene rings is 1. The summed E-state index contributed by atoms with van der Waals surface area (Å²) in [7, 11) is 1.63. The van der Waals surface area contributed by atoms with Gasteiger partial charge in [-0.2, -0.15) is 0 Å². The standard InChI is InChI=1S/C15H24N2O3/c1-15(2,3)20-14(18)17-13-7-5-6-11(9-13)8-12(16)10-19-4/h5-7,9,12H,8,10,16H2,1-4H3,(H,17,18). The molecule has 1 aromatic carbocycles. The van der Waals surface area contributed by atoms with Gasteiger partial charge in [0.05, 0.1) is 6.61 Å². The average molecular weight is 280 g/mol. The van der Waals surface area contributed by atoms with Crippen LogP contribution in [-0.4, -0.2) is 31.5 Å². The smallest absolute Gasteiger partial charge is 0.412 e. The van der Waals surface area contributed by atoms with E-state index in [4.69, 9.17) is 15.2 Å². The number of amides is 1. The molecule has 1 aromatic rings. The van der Waals surface area contributed by atoms with Crippen molar-refractivity contribution in [1.29, 1.82) is 0 Å². The molecule has 0 spiro atoms. The van der Waals surface area contributed by atoms with Crippen LogP contribution in [0.4, 0.5) is 10.5 Å². The largest absolute Gasteiger partial charge is 0.444 e. The third kappa shape index (κ3) is 6.54. The number of anilines is 1. The van der Waals surface area contributed by atoms with Crippen LogP contribution in [0.3, 0.4) is 0 Å². The summed E-state index contributed by atoms with van der Waals surface area (Å²) in [6, 6.07) is 7.49. The number of carbonyl (C=O) groups is 1. The summed E-state index contributed by atoms with van der Waals surface area (Å²) in [5.41, 5.74) is 7.14. The predicted octanol–water partition coefficient (Wildman–Crippen LogP) is 2.55. The Morgan fingerprint density at radius 2 is 2.10 bits per heavy atom. The maximum Gasteiger partial charge on any atom is 0.412 e. The van der Waals surface area contributed by atoms with Crippen molar-refractivity contribution >= 4 is 11.8 Å². The van der Waals surface area contributed by atoms with Crippen LogP contribution in [0.25, 0.3) is 0 Å². The van der Waals surface area contributed by atoms with Gasteiger partial charge in [0.15, 0.2) is 0 Å². The Morgan fingerprint density at radius 1 is 1.40 bits per heavy atom. The van der Waals surface area contributed by atoms with E-state index in [0.717, 1.165) is 5.56 Å². The molecule has 112 valence electrons. The molecule has 0 aromatic heterocycles. The first-order chi connectivity index (χ1) is 9.30. The normalized spacial score (nSPS) is 12.8. The van der Waals surface area contributed by atoms with Crippen molar-refractivity contribution in [3.63, 3.8) is 0 Å². The molecule has 0 aliphatic carbocycles. The third-order valence-corrected chi connectivity index (χ3v) is 2.45. The minimum Gasteiger partial charge on any atom is -0.444 e. The van der Waals surface area contributed by atoms with Crippen LogP contribution in [0.5, 0.6) is 0 Å². The molecule has 1 amide bonds. The van der Waals surface area contributed by atoms with Crippen molar-refractivity contribution < 1.29 is 14.3 Å². The summed E-state index contributed by atoms with van der Waals surface area (Å²) >= 11 is 0. The average Bonchev–Trinajstić information content (AvgIpc) is 2.26. The van der Waals surface area contributed by atoms with Crippen LogP contribution in [0.1, 0.15) is 26.3 Å². The van der Waals surface area contributed by atoms with E-state index in [1.165, 1.54) is 0 Å².